The predicted molar refractivity (Wildman–Crippen MR) is 71.6 cm³/mol. The van der Waals surface area contributed by atoms with E-state index in [2.05, 4.69) is 5.32 Å². The number of ether oxygens (including phenoxy) is 1. The highest BCUT2D eigenvalue weighted by molar-refractivity contribution is 5.83. The lowest BCUT2D eigenvalue weighted by Gasteiger charge is -2.10. The lowest BCUT2D eigenvalue weighted by molar-refractivity contribution is -0.139. The average molecular weight is 286 g/mol. The molecule has 1 heterocycles. The number of aromatic nitrogens is 1. The highest BCUT2D eigenvalue weighted by atomic mass is 19.4. The molecule has 0 atom stereocenters. The second-order valence-corrected chi connectivity index (χ2v) is 4.58. The zero-order valence-electron chi connectivity index (χ0n) is 11.2. The van der Waals surface area contributed by atoms with Crippen LogP contribution in [-0.4, -0.2) is 31.0 Å². The van der Waals surface area contributed by atoms with E-state index >= 15 is 0 Å². The van der Waals surface area contributed by atoms with E-state index in [-0.39, 0.29) is 0 Å². The van der Waals surface area contributed by atoms with Crippen LogP contribution in [0.2, 0.25) is 0 Å². The van der Waals surface area contributed by atoms with E-state index in [1.165, 1.54) is 10.8 Å². The molecule has 20 heavy (non-hydrogen) atoms. The maximum atomic E-state index is 12.5. The third-order valence-corrected chi connectivity index (χ3v) is 3.05. The first-order valence-corrected chi connectivity index (χ1v) is 6.34. The predicted octanol–water partition coefficient (Wildman–Crippen LogP) is 2.94. The molecule has 0 spiro atoms. The number of rotatable bonds is 6. The molecular formula is C14H17F3N2O. The third-order valence-electron chi connectivity index (χ3n) is 3.05. The molecule has 0 aliphatic heterocycles. The van der Waals surface area contributed by atoms with Gasteiger partial charge in [0.2, 0.25) is 0 Å². The number of fused-ring (bicyclic) bond motifs is 1. The van der Waals surface area contributed by atoms with Gasteiger partial charge in [0.25, 0.3) is 0 Å². The molecule has 0 radical (unpaired) electrons. The molecule has 110 valence electrons. The standard InChI is InChI=1S/C14H17F3N2O/c1-20-8-6-18-9-11-3-2-4-13-12(11)5-7-19(13)10-14(15,16)17/h2-5,7,18H,6,8-10H2,1H3. The fourth-order valence-corrected chi connectivity index (χ4v) is 2.17. The highest BCUT2D eigenvalue weighted by Gasteiger charge is 2.28. The topological polar surface area (TPSA) is 26.2 Å². The second kappa shape index (κ2) is 6.28. The number of hydrogen-bond acceptors (Lipinski definition) is 2. The molecule has 0 aliphatic carbocycles. The number of alkyl halides is 3. The lowest BCUT2D eigenvalue weighted by Crippen LogP contribution is -2.18. The molecule has 0 saturated heterocycles. The Morgan fingerprint density at radius 3 is 2.75 bits per heavy atom. The Hall–Kier alpha value is -1.53. The summed E-state index contributed by atoms with van der Waals surface area (Å²) in [5, 5.41) is 4.04. The van der Waals surface area contributed by atoms with Crippen LogP contribution in [0.15, 0.2) is 30.5 Å². The fraction of sp³-hybridized carbons (Fsp3) is 0.429. The van der Waals surface area contributed by atoms with Crippen LogP contribution in [0.5, 0.6) is 0 Å². The van der Waals surface area contributed by atoms with Crippen LogP contribution < -0.4 is 5.32 Å². The van der Waals surface area contributed by atoms with Crippen molar-refractivity contribution in [2.45, 2.75) is 19.3 Å². The Kier molecular flexibility index (Phi) is 4.67. The summed E-state index contributed by atoms with van der Waals surface area (Å²) in [5.74, 6) is 0. The normalized spacial score (nSPS) is 12.2. The molecule has 2 rings (SSSR count). The molecule has 0 unspecified atom stereocenters. The summed E-state index contributed by atoms with van der Waals surface area (Å²) >= 11 is 0. The van der Waals surface area contributed by atoms with E-state index in [9.17, 15) is 13.2 Å². The third kappa shape index (κ3) is 3.74. The first kappa shape index (κ1) is 14.9. The summed E-state index contributed by atoms with van der Waals surface area (Å²) < 4.78 is 43.6. The Labute approximate surface area is 115 Å². The van der Waals surface area contributed by atoms with Crippen LogP contribution in [-0.2, 0) is 17.8 Å². The maximum Gasteiger partial charge on any atom is 0.406 e. The quantitative estimate of drug-likeness (QED) is 0.826. The minimum absolute atomic E-state index is 0.602. The van der Waals surface area contributed by atoms with Crippen molar-refractivity contribution in [1.29, 1.82) is 0 Å². The molecule has 6 heteroatoms. The van der Waals surface area contributed by atoms with Crippen LogP contribution in [0.25, 0.3) is 10.9 Å². The summed E-state index contributed by atoms with van der Waals surface area (Å²) in [6, 6.07) is 7.14. The number of nitrogens with zero attached hydrogens (tertiary/aromatic N) is 1. The largest absolute Gasteiger partial charge is 0.406 e. The van der Waals surface area contributed by atoms with Gasteiger partial charge in [0, 0.05) is 37.3 Å². The molecule has 2 aromatic rings. The first-order valence-electron chi connectivity index (χ1n) is 6.34. The van der Waals surface area contributed by atoms with Crippen LogP contribution in [0, 0.1) is 0 Å². The van der Waals surface area contributed by atoms with Crippen molar-refractivity contribution < 1.29 is 17.9 Å². The van der Waals surface area contributed by atoms with Gasteiger partial charge >= 0.3 is 6.18 Å². The van der Waals surface area contributed by atoms with Gasteiger partial charge in [-0.25, -0.2) is 0 Å². The number of hydrogen-bond donors (Lipinski definition) is 1. The number of halogens is 3. The number of nitrogens with one attached hydrogen (secondary N) is 1. The Morgan fingerprint density at radius 1 is 1.25 bits per heavy atom. The monoisotopic (exact) mass is 286 g/mol. The average Bonchev–Trinajstić information content (AvgIpc) is 2.77. The highest BCUT2D eigenvalue weighted by Crippen LogP contribution is 2.24. The summed E-state index contributed by atoms with van der Waals surface area (Å²) in [5.41, 5.74) is 1.59. The van der Waals surface area contributed by atoms with E-state index in [1.807, 2.05) is 6.07 Å². The van der Waals surface area contributed by atoms with E-state index < -0.39 is 12.7 Å². The van der Waals surface area contributed by atoms with Crippen LogP contribution >= 0.6 is 0 Å². The summed E-state index contributed by atoms with van der Waals surface area (Å²) in [6.45, 7) is 0.953. The zero-order chi connectivity index (χ0) is 14.6. The van der Waals surface area contributed by atoms with E-state index in [1.54, 1.807) is 25.3 Å². The van der Waals surface area contributed by atoms with E-state index in [0.29, 0.717) is 25.2 Å². The molecule has 1 N–H and O–H groups in total. The van der Waals surface area contributed by atoms with Crippen molar-refractivity contribution in [3.63, 3.8) is 0 Å². The Bertz CT molecular complexity index is 563. The van der Waals surface area contributed by atoms with Crippen molar-refractivity contribution in [2.24, 2.45) is 0 Å². The molecule has 0 amide bonds. The lowest BCUT2D eigenvalue weighted by atomic mass is 10.1. The smallest absolute Gasteiger partial charge is 0.383 e. The van der Waals surface area contributed by atoms with Gasteiger partial charge in [-0.3, -0.25) is 0 Å². The molecular weight excluding hydrogens is 269 g/mol. The fourth-order valence-electron chi connectivity index (χ4n) is 2.17. The van der Waals surface area contributed by atoms with Gasteiger partial charge in [-0.2, -0.15) is 13.2 Å². The molecule has 0 fully saturated rings. The van der Waals surface area contributed by atoms with Crippen molar-refractivity contribution in [3.8, 4) is 0 Å². The number of methoxy groups -OCH3 is 1. The summed E-state index contributed by atoms with van der Waals surface area (Å²) in [7, 11) is 1.62. The van der Waals surface area contributed by atoms with Crippen molar-refractivity contribution in [2.75, 3.05) is 20.3 Å². The molecule has 0 bridgehead atoms. The van der Waals surface area contributed by atoms with Gasteiger partial charge in [0.05, 0.1) is 6.61 Å². The van der Waals surface area contributed by atoms with Gasteiger partial charge < -0.3 is 14.6 Å². The minimum atomic E-state index is -4.21. The second-order valence-electron chi connectivity index (χ2n) is 4.58. The van der Waals surface area contributed by atoms with Crippen LogP contribution in [0.4, 0.5) is 13.2 Å². The molecule has 1 aromatic carbocycles. The van der Waals surface area contributed by atoms with Gasteiger partial charge in [-0.1, -0.05) is 12.1 Å². The Morgan fingerprint density at radius 2 is 2.05 bits per heavy atom. The van der Waals surface area contributed by atoms with Gasteiger partial charge in [0.1, 0.15) is 6.54 Å². The van der Waals surface area contributed by atoms with Crippen LogP contribution in [0.1, 0.15) is 5.56 Å². The van der Waals surface area contributed by atoms with E-state index in [0.717, 1.165) is 10.9 Å². The van der Waals surface area contributed by atoms with Gasteiger partial charge in [-0.15, -0.1) is 0 Å². The molecule has 0 saturated carbocycles. The van der Waals surface area contributed by atoms with Crippen LogP contribution in [0.3, 0.4) is 0 Å². The Balaban J connectivity index is 2.17. The maximum absolute atomic E-state index is 12.5. The SMILES string of the molecule is COCCNCc1cccc2c1ccn2CC(F)(F)F. The van der Waals surface area contributed by atoms with Crippen molar-refractivity contribution >= 4 is 10.9 Å². The van der Waals surface area contributed by atoms with Gasteiger partial charge in [-0.05, 0) is 17.7 Å². The first-order chi connectivity index (χ1) is 9.51. The molecule has 0 aliphatic rings. The summed E-state index contributed by atoms with van der Waals surface area (Å²) in [6.07, 6.45) is -2.73. The molecule has 1 aromatic heterocycles. The summed E-state index contributed by atoms with van der Waals surface area (Å²) in [4.78, 5) is 0. The minimum Gasteiger partial charge on any atom is -0.383 e. The zero-order valence-corrected chi connectivity index (χ0v) is 11.2. The van der Waals surface area contributed by atoms with Crippen molar-refractivity contribution in [1.82, 2.24) is 9.88 Å². The van der Waals surface area contributed by atoms with Gasteiger partial charge in [0.15, 0.2) is 0 Å². The van der Waals surface area contributed by atoms with E-state index in [4.69, 9.17) is 4.74 Å². The number of benzene rings is 1. The van der Waals surface area contributed by atoms with Crippen molar-refractivity contribution in [3.05, 3.63) is 36.0 Å². The molecule has 3 nitrogen and oxygen atoms in total.